The predicted molar refractivity (Wildman–Crippen MR) is 140 cm³/mol. The van der Waals surface area contributed by atoms with Crippen LogP contribution >= 0.6 is 0 Å². The molecule has 6 nitrogen and oxygen atoms in total. The number of rotatable bonds is 7. The van der Waals surface area contributed by atoms with E-state index in [1.807, 2.05) is 46.2 Å². The number of methoxy groups -OCH3 is 1. The first-order chi connectivity index (χ1) is 17.6. The number of carbonyl (C=O) groups is 2. The topological polar surface area (TPSA) is 54.8 Å². The monoisotopic (exact) mass is 485 g/mol. The Morgan fingerprint density at radius 2 is 1.64 bits per heavy atom. The lowest BCUT2D eigenvalue weighted by Crippen LogP contribution is -2.43. The van der Waals surface area contributed by atoms with E-state index in [-0.39, 0.29) is 30.7 Å². The van der Waals surface area contributed by atoms with Crippen LogP contribution < -0.4 is 4.74 Å². The van der Waals surface area contributed by atoms with Crippen molar-refractivity contribution in [1.29, 1.82) is 0 Å². The van der Waals surface area contributed by atoms with Crippen LogP contribution in [-0.4, -0.2) is 52.9 Å². The minimum absolute atomic E-state index is 0.0302. The zero-order valence-electron chi connectivity index (χ0n) is 21.0. The molecule has 1 saturated heterocycles. The smallest absolute Gasteiger partial charge is 0.223 e. The highest BCUT2D eigenvalue weighted by molar-refractivity contribution is 5.84. The van der Waals surface area contributed by atoms with Crippen LogP contribution in [0.5, 0.6) is 5.75 Å². The number of amides is 2. The number of ether oxygens (including phenoxy) is 1. The molecule has 0 radical (unpaired) electrons. The number of benzene rings is 2. The van der Waals surface area contributed by atoms with Crippen LogP contribution in [0.2, 0.25) is 0 Å². The number of piperidine rings is 1. The fourth-order valence-corrected chi connectivity index (χ4v) is 5.66. The lowest BCUT2D eigenvalue weighted by Gasteiger charge is -2.38. The summed E-state index contributed by atoms with van der Waals surface area (Å²) in [6.45, 7) is 2.96. The van der Waals surface area contributed by atoms with Crippen molar-refractivity contribution in [2.75, 3.05) is 26.7 Å². The molecular formula is C30H35N3O3. The van der Waals surface area contributed by atoms with E-state index < -0.39 is 0 Å². The molecule has 0 aliphatic carbocycles. The van der Waals surface area contributed by atoms with Crippen molar-refractivity contribution in [3.63, 3.8) is 0 Å². The quantitative estimate of drug-likeness (QED) is 0.488. The van der Waals surface area contributed by atoms with Gasteiger partial charge < -0.3 is 19.1 Å². The molecule has 1 unspecified atom stereocenters. The standard InChI is InChI=1S/C30H35N3O3/c1-36-26-10-5-9-25(22-26)30-27-11-6-16-31(27)19-20-33(30)29(35)13-12-28(34)32-17-14-24(15-18-32)21-23-7-3-2-4-8-23/h2-11,16,22,24,30H,12-15,17-21H2,1H3. The first-order valence-electron chi connectivity index (χ1n) is 13.0. The van der Waals surface area contributed by atoms with E-state index in [0.717, 1.165) is 55.9 Å². The second-order valence-corrected chi connectivity index (χ2v) is 9.91. The van der Waals surface area contributed by atoms with Gasteiger partial charge in [-0.25, -0.2) is 0 Å². The van der Waals surface area contributed by atoms with Gasteiger partial charge in [0, 0.05) is 50.9 Å². The molecule has 188 valence electrons. The summed E-state index contributed by atoms with van der Waals surface area (Å²) in [6, 6.07) is 22.4. The molecule has 5 rings (SSSR count). The Labute approximate surface area is 213 Å². The number of hydrogen-bond donors (Lipinski definition) is 0. The third-order valence-electron chi connectivity index (χ3n) is 7.66. The Hall–Kier alpha value is -3.54. The molecular weight excluding hydrogens is 450 g/mol. The van der Waals surface area contributed by atoms with Crippen LogP contribution in [0.4, 0.5) is 0 Å². The van der Waals surface area contributed by atoms with Crippen LogP contribution in [0, 0.1) is 5.92 Å². The highest BCUT2D eigenvalue weighted by atomic mass is 16.5. The number of nitrogens with zero attached hydrogens (tertiary/aromatic N) is 3. The molecule has 3 heterocycles. The maximum atomic E-state index is 13.4. The van der Waals surface area contributed by atoms with Crippen molar-refractivity contribution in [1.82, 2.24) is 14.4 Å². The molecule has 1 atom stereocenters. The molecule has 0 saturated carbocycles. The minimum Gasteiger partial charge on any atom is -0.497 e. The number of hydrogen-bond acceptors (Lipinski definition) is 3. The summed E-state index contributed by atoms with van der Waals surface area (Å²) in [4.78, 5) is 30.3. The summed E-state index contributed by atoms with van der Waals surface area (Å²) in [5.41, 5.74) is 3.48. The fourth-order valence-electron chi connectivity index (χ4n) is 5.66. The number of fused-ring (bicyclic) bond motifs is 1. The molecule has 2 aliphatic heterocycles. The third kappa shape index (κ3) is 5.32. The van der Waals surface area contributed by atoms with Gasteiger partial charge in [-0.05, 0) is 60.6 Å². The fraction of sp³-hybridized carbons (Fsp3) is 0.400. The van der Waals surface area contributed by atoms with E-state index in [9.17, 15) is 9.59 Å². The maximum absolute atomic E-state index is 13.4. The van der Waals surface area contributed by atoms with Gasteiger partial charge in [0.25, 0.3) is 0 Å². The Bertz CT molecular complexity index is 1180. The lowest BCUT2D eigenvalue weighted by molar-refractivity contribution is -0.139. The van der Waals surface area contributed by atoms with Crippen LogP contribution in [0.25, 0.3) is 0 Å². The highest BCUT2D eigenvalue weighted by Crippen LogP contribution is 2.34. The van der Waals surface area contributed by atoms with E-state index in [1.54, 1.807) is 7.11 Å². The molecule has 3 aromatic rings. The number of likely N-dealkylation sites (tertiary alicyclic amines) is 1. The Morgan fingerprint density at radius 1 is 0.861 bits per heavy atom. The van der Waals surface area contributed by atoms with Gasteiger partial charge >= 0.3 is 0 Å². The van der Waals surface area contributed by atoms with Gasteiger partial charge in [0.2, 0.25) is 11.8 Å². The van der Waals surface area contributed by atoms with Gasteiger partial charge in [0.05, 0.1) is 13.2 Å². The SMILES string of the molecule is COc1cccc(C2c3cccn3CCN2C(=O)CCC(=O)N2CCC(Cc3ccccc3)CC2)c1. The molecule has 2 aliphatic rings. The average Bonchev–Trinajstić information content (AvgIpc) is 3.41. The first-order valence-corrected chi connectivity index (χ1v) is 13.0. The highest BCUT2D eigenvalue weighted by Gasteiger charge is 2.33. The zero-order valence-corrected chi connectivity index (χ0v) is 21.0. The number of aromatic nitrogens is 1. The second-order valence-electron chi connectivity index (χ2n) is 9.91. The molecule has 2 amide bonds. The molecule has 2 aromatic carbocycles. The molecule has 0 spiro atoms. The normalized spacial score (nSPS) is 18.1. The molecule has 36 heavy (non-hydrogen) atoms. The van der Waals surface area contributed by atoms with Crippen LogP contribution in [-0.2, 0) is 22.6 Å². The molecule has 0 N–H and O–H groups in total. The van der Waals surface area contributed by atoms with Gasteiger partial charge in [-0.3, -0.25) is 9.59 Å². The van der Waals surface area contributed by atoms with Gasteiger partial charge in [-0.15, -0.1) is 0 Å². The van der Waals surface area contributed by atoms with Crippen LogP contribution in [0.1, 0.15) is 48.5 Å². The molecule has 6 heteroatoms. The van der Waals surface area contributed by atoms with Crippen LogP contribution in [0.15, 0.2) is 72.9 Å². The van der Waals surface area contributed by atoms with Crippen molar-refractivity contribution in [2.24, 2.45) is 5.92 Å². The van der Waals surface area contributed by atoms with E-state index >= 15 is 0 Å². The summed E-state index contributed by atoms with van der Waals surface area (Å²) in [7, 11) is 1.65. The van der Waals surface area contributed by atoms with Gasteiger partial charge in [-0.2, -0.15) is 0 Å². The Kier molecular flexibility index (Phi) is 7.40. The minimum atomic E-state index is -0.180. The molecule has 1 fully saturated rings. The van der Waals surface area contributed by atoms with Crippen molar-refractivity contribution in [3.05, 3.63) is 89.7 Å². The van der Waals surface area contributed by atoms with Crippen molar-refractivity contribution < 1.29 is 14.3 Å². The lowest BCUT2D eigenvalue weighted by atomic mass is 9.90. The van der Waals surface area contributed by atoms with Gasteiger partial charge in [-0.1, -0.05) is 42.5 Å². The van der Waals surface area contributed by atoms with E-state index in [1.165, 1.54) is 5.56 Å². The first kappa shape index (κ1) is 24.2. The van der Waals surface area contributed by atoms with Gasteiger partial charge in [0.1, 0.15) is 5.75 Å². The van der Waals surface area contributed by atoms with Crippen LogP contribution in [0.3, 0.4) is 0 Å². The van der Waals surface area contributed by atoms with E-state index in [4.69, 9.17) is 4.74 Å². The van der Waals surface area contributed by atoms with Crippen molar-refractivity contribution in [2.45, 2.75) is 44.7 Å². The van der Waals surface area contributed by atoms with E-state index in [2.05, 4.69) is 41.1 Å². The summed E-state index contributed by atoms with van der Waals surface area (Å²) in [6.07, 6.45) is 5.69. The Balaban J connectivity index is 1.19. The Morgan fingerprint density at radius 3 is 2.42 bits per heavy atom. The third-order valence-corrected chi connectivity index (χ3v) is 7.66. The molecule has 1 aromatic heterocycles. The zero-order chi connectivity index (χ0) is 24.9. The second kappa shape index (κ2) is 11.0. The van der Waals surface area contributed by atoms with E-state index in [0.29, 0.717) is 12.5 Å². The summed E-state index contributed by atoms with van der Waals surface area (Å²) in [5.74, 6) is 1.52. The largest absolute Gasteiger partial charge is 0.497 e. The average molecular weight is 486 g/mol. The summed E-state index contributed by atoms with van der Waals surface area (Å²) < 4.78 is 7.64. The predicted octanol–water partition coefficient (Wildman–Crippen LogP) is 4.69. The molecule has 0 bridgehead atoms. The van der Waals surface area contributed by atoms with Crippen molar-refractivity contribution in [3.8, 4) is 5.75 Å². The maximum Gasteiger partial charge on any atom is 0.223 e. The summed E-state index contributed by atoms with van der Waals surface area (Å²) >= 11 is 0. The summed E-state index contributed by atoms with van der Waals surface area (Å²) in [5, 5.41) is 0. The van der Waals surface area contributed by atoms with Crippen molar-refractivity contribution >= 4 is 11.8 Å². The number of carbonyl (C=O) groups excluding carboxylic acids is 2. The van der Waals surface area contributed by atoms with Gasteiger partial charge in [0.15, 0.2) is 0 Å².